The van der Waals surface area contributed by atoms with E-state index < -0.39 is 29.9 Å². The average molecular weight is 573 g/mol. The van der Waals surface area contributed by atoms with Crippen LogP contribution >= 0.6 is 0 Å². The molecule has 0 spiro atoms. The number of piperazine rings is 1. The Labute approximate surface area is 252 Å². The fraction of sp³-hybridized carbons (Fsp3) is 0.270. The van der Waals surface area contributed by atoms with Crippen molar-refractivity contribution in [1.82, 2.24) is 9.80 Å². The van der Waals surface area contributed by atoms with Crippen molar-refractivity contribution >= 4 is 17.8 Å². The summed E-state index contributed by atoms with van der Waals surface area (Å²) in [5.41, 5.74) is 5.41. The number of aliphatic carboxylic acids is 1. The van der Waals surface area contributed by atoms with Crippen LogP contribution in [0.2, 0.25) is 0 Å². The number of hydrogen-bond acceptors (Lipinski definition) is 3. The number of likely N-dealkylation sites (tertiary alicyclic amines) is 1. The minimum Gasteiger partial charge on any atom is -0.480 e. The number of carbonyl (C=O) groups excluding carboxylic acids is 2. The third-order valence-electron chi connectivity index (χ3n) is 9.20. The van der Waals surface area contributed by atoms with Gasteiger partial charge in [-0.25, -0.2) is 4.79 Å². The minimum absolute atomic E-state index is 0.113. The molecule has 218 valence electrons. The molecule has 0 aliphatic carbocycles. The topological polar surface area (TPSA) is 77.9 Å². The Morgan fingerprint density at radius 2 is 1.14 bits per heavy atom. The number of nitrogens with zero attached hydrogens (tertiary/aromatic N) is 2. The van der Waals surface area contributed by atoms with Crippen LogP contribution in [-0.4, -0.2) is 57.4 Å². The van der Waals surface area contributed by atoms with Gasteiger partial charge in [0.25, 0.3) is 0 Å². The highest BCUT2D eigenvalue weighted by Crippen LogP contribution is 2.41. The number of hydrogen-bond donors (Lipinski definition) is 1. The second kappa shape index (κ2) is 11.9. The first-order valence-corrected chi connectivity index (χ1v) is 14.9. The second-order valence-corrected chi connectivity index (χ2v) is 11.7. The molecule has 0 radical (unpaired) electrons. The number of aryl methyl sites for hydroxylation is 2. The Bertz CT molecular complexity index is 1550. The van der Waals surface area contributed by atoms with Crippen molar-refractivity contribution in [2.45, 2.75) is 56.7 Å². The van der Waals surface area contributed by atoms with Gasteiger partial charge in [0.1, 0.15) is 6.04 Å². The zero-order chi connectivity index (χ0) is 30.1. The van der Waals surface area contributed by atoms with Gasteiger partial charge in [0, 0.05) is 12.6 Å². The lowest BCUT2D eigenvalue weighted by atomic mass is 9.84. The average Bonchev–Trinajstić information content (AvgIpc) is 3.32. The van der Waals surface area contributed by atoms with Crippen LogP contribution in [0.4, 0.5) is 0 Å². The summed E-state index contributed by atoms with van der Waals surface area (Å²) in [4.78, 5) is 45.5. The molecular formula is C37H36N2O4. The summed E-state index contributed by atoms with van der Waals surface area (Å²) in [5, 5.41) is 10.7. The monoisotopic (exact) mass is 572 g/mol. The number of rotatable bonds is 7. The fourth-order valence-corrected chi connectivity index (χ4v) is 7.16. The standard InChI is InChI=1S/C37H36N2O4/c1-24-13-9-11-19-29(24)33(30-20-12-10-14-25(30)2)35(40)38-23-28-21-22-31(34(38)37(42)43)39(28)36(41)32(26-15-5-3-6-16-26)27-17-7-4-8-18-27/h3-20,28,31-34H,21-23H2,1-2H3,(H,42,43)/t28-,31?,34-/m0/s1. The lowest BCUT2D eigenvalue weighted by Gasteiger charge is -2.47. The van der Waals surface area contributed by atoms with Crippen LogP contribution in [0, 0.1) is 13.8 Å². The van der Waals surface area contributed by atoms with Crippen molar-refractivity contribution in [3.8, 4) is 0 Å². The summed E-state index contributed by atoms with van der Waals surface area (Å²) in [5.74, 6) is -2.64. The fourth-order valence-electron chi connectivity index (χ4n) is 7.16. The van der Waals surface area contributed by atoms with Gasteiger partial charge in [-0.15, -0.1) is 0 Å². The molecule has 2 aliphatic heterocycles. The first kappa shape index (κ1) is 28.4. The molecule has 2 aliphatic rings. The predicted molar refractivity (Wildman–Crippen MR) is 166 cm³/mol. The van der Waals surface area contributed by atoms with Gasteiger partial charge in [-0.2, -0.15) is 0 Å². The second-order valence-electron chi connectivity index (χ2n) is 11.7. The zero-order valence-corrected chi connectivity index (χ0v) is 24.5. The molecule has 2 heterocycles. The molecule has 3 atom stereocenters. The van der Waals surface area contributed by atoms with Crippen LogP contribution in [0.5, 0.6) is 0 Å². The number of amides is 2. The van der Waals surface area contributed by atoms with E-state index in [9.17, 15) is 19.5 Å². The smallest absolute Gasteiger partial charge is 0.328 e. The van der Waals surface area contributed by atoms with Crippen molar-refractivity contribution in [2.75, 3.05) is 6.54 Å². The van der Waals surface area contributed by atoms with Gasteiger partial charge in [0.15, 0.2) is 0 Å². The molecule has 4 aromatic carbocycles. The third-order valence-corrected chi connectivity index (χ3v) is 9.20. The quantitative estimate of drug-likeness (QED) is 0.298. The molecule has 1 N–H and O–H groups in total. The van der Waals surface area contributed by atoms with Crippen LogP contribution in [-0.2, 0) is 14.4 Å². The number of fused-ring (bicyclic) bond motifs is 2. The summed E-state index contributed by atoms with van der Waals surface area (Å²) in [6.45, 7) is 4.15. The maximum Gasteiger partial charge on any atom is 0.328 e. The van der Waals surface area contributed by atoms with E-state index in [4.69, 9.17) is 0 Å². The summed E-state index contributed by atoms with van der Waals surface area (Å²) in [7, 11) is 0. The van der Waals surface area contributed by atoms with Gasteiger partial charge < -0.3 is 14.9 Å². The molecule has 0 aromatic heterocycles. The number of carboxylic acids is 1. The van der Waals surface area contributed by atoms with Crippen LogP contribution in [0.15, 0.2) is 109 Å². The Morgan fingerprint density at radius 1 is 0.651 bits per heavy atom. The molecular weight excluding hydrogens is 536 g/mol. The lowest BCUT2D eigenvalue weighted by molar-refractivity contribution is -0.161. The molecule has 1 unspecified atom stereocenters. The SMILES string of the molecule is Cc1ccccc1C(C(=O)N1C[C@@H]2CCC([C@H]1C(=O)O)N2C(=O)C(c1ccccc1)c1ccccc1)c1ccccc1C. The normalized spacial score (nSPS) is 19.6. The largest absolute Gasteiger partial charge is 0.480 e. The molecule has 6 nitrogen and oxygen atoms in total. The highest BCUT2D eigenvalue weighted by Gasteiger charge is 2.54. The first-order chi connectivity index (χ1) is 20.9. The summed E-state index contributed by atoms with van der Waals surface area (Å²) < 4.78 is 0. The van der Waals surface area contributed by atoms with E-state index in [2.05, 4.69) is 0 Å². The van der Waals surface area contributed by atoms with E-state index in [1.165, 1.54) is 0 Å². The maximum atomic E-state index is 14.6. The van der Waals surface area contributed by atoms with E-state index in [1.807, 2.05) is 123 Å². The van der Waals surface area contributed by atoms with Crippen molar-refractivity contribution in [2.24, 2.45) is 0 Å². The van der Waals surface area contributed by atoms with Crippen LogP contribution in [0.1, 0.15) is 58.1 Å². The Morgan fingerprint density at radius 3 is 1.63 bits per heavy atom. The van der Waals surface area contributed by atoms with E-state index in [-0.39, 0.29) is 24.4 Å². The Hall–Kier alpha value is -4.71. The summed E-state index contributed by atoms with van der Waals surface area (Å²) in [6, 6.07) is 32.9. The van der Waals surface area contributed by atoms with E-state index in [0.29, 0.717) is 12.8 Å². The van der Waals surface area contributed by atoms with Crippen molar-refractivity contribution in [1.29, 1.82) is 0 Å². The van der Waals surface area contributed by atoms with Crippen molar-refractivity contribution in [3.05, 3.63) is 143 Å². The molecule has 6 rings (SSSR count). The zero-order valence-electron chi connectivity index (χ0n) is 24.5. The summed E-state index contributed by atoms with van der Waals surface area (Å²) in [6.07, 6.45) is 1.19. The van der Waals surface area contributed by atoms with E-state index in [1.54, 1.807) is 9.80 Å². The van der Waals surface area contributed by atoms with Gasteiger partial charge in [0.05, 0.1) is 17.9 Å². The molecule has 6 heteroatoms. The Balaban J connectivity index is 1.39. The molecule has 2 saturated heterocycles. The van der Waals surface area contributed by atoms with Gasteiger partial charge >= 0.3 is 5.97 Å². The summed E-state index contributed by atoms with van der Waals surface area (Å²) >= 11 is 0. The maximum absolute atomic E-state index is 14.6. The highest BCUT2D eigenvalue weighted by atomic mass is 16.4. The third kappa shape index (κ3) is 5.22. The van der Waals surface area contributed by atoms with E-state index in [0.717, 1.165) is 33.4 Å². The van der Waals surface area contributed by atoms with Crippen LogP contribution < -0.4 is 0 Å². The molecule has 2 fully saturated rings. The number of carboxylic acid groups (broad SMARTS) is 1. The van der Waals surface area contributed by atoms with Gasteiger partial charge in [-0.1, -0.05) is 109 Å². The lowest BCUT2D eigenvalue weighted by Crippen LogP contribution is -2.66. The van der Waals surface area contributed by atoms with Crippen LogP contribution in [0.3, 0.4) is 0 Å². The van der Waals surface area contributed by atoms with Crippen molar-refractivity contribution in [3.63, 3.8) is 0 Å². The molecule has 2 amide bonds. The number of benzene rings is 4. The Kier molecular flexibility index (Phi) is 7.85. The van der Waals surface area contributed by atoms with E-state index >= 15 is 0 Å². The van der Waals surface area contributed by atoms with Crippen molar-refractivity contribution < 1.29 is 19.5 Å². The number of carbonyl (C=O) groups is 3. The first-order valence-electron chi connectivity index (χ1n) is 14.9. The van der Waals surface area contributed by atoms with Crippen LogP contribution in [0.25, 0.3) is 0 Å². The highest BCUT2D eigenvalue weighted by molar-refractivity contribution is 5.94. The predicted octanol–water partition coefficient (Wildman–Crippen LogP) is 5.92. The minimum atomic E-state index is -1.14. The van der Waals surface area contributed by atoms with Gasteiger partial charge in [-0.3, -0.25) is 9.59 Å². The molecule has 0 saturated carbocycles. The van der Waals surface area contributed by atoms with Gasteiger partial charge in [-0.05, 0) is 60.1 Å². The van der Waals surface area contributed by atoms with Gasteiger partial charge in [0.2, 0.25) is 11.8 Å². The molecule has 2 bridgehead atoms. The molecule has 43 heavy (non-hydrogen) atoms. The molecule has 4 aromatic rings.